The molecule has 0 saturated heterocycles. The number of hydrogen-bond donors (Lipinski definition) is 2. The van der Waals surface area contributed by atoms with E-state index in [0.29, 0.717) is 5.16 Å². The minimum atomic E-state index is -1.00. The predicted molar refractivity (Wildman–Crippen MR) is 53.0 cm³/mol. The van der Waals surface area contributed by atoms with E-state index in [9.17, 15) is 9.59 Å². The number of thioether (sulfide) groups is 1. The highest BCUT2D eigenvalue weighted by Gasteiger charge is 2.21. The van der Waals surface area contributed by atoms with Crippen molar-refractivity contribution in [3.8, 4) is 0 Å². The minimum Gasteiger partial charge on any atom is -0.480 e. The number of rotatable bonds is 5. The summed E-state index contributed by atoms with van der Waals surface area (Å²) in [6, 6.07) is 0. The number of carbonyl (C=O) groups is 1. The molecular weight excluding hydrogens is 222 g/mol. The van der Waals surface area contributed by atoms with Gasteiger partial charge in [0, 0.05) is 14.2 Å². The van der Waals surface area contributed by atoms with Gasteiger partial charge in [-0.15, -0.1) is 5.10 Å². The van der Waals surface area contributed by atoms with Gasteiger partial charge >= 0.3 is 11.7 Å². The summed E-state index contributed by atoms with van der Waals surface area (Å²) in [6.07, 6.45) is 0. The van der Waals surface area contributed by atoms with E-state index >= 15 is 0 Å². The van der Waals surface area contributed by atoms with Crippen molar-refractivity contribution in [2.24, 2.45) is 7.05 Å². The Hall–Kier alpha value is -1.28. The number of ether oxygens (including phenoxy) is 1. The lowest BCUT2D eigenvalue weighted by Crippen LogP contribution is -2.23. The number of hydrogen-bond acceptors (Lipinski definition) is 5. The molecule has 1 aromatic rings. The first-order valence-electron chi connectivity index (χ1n) is 4.06. The molecule has 1 heterocycles. The van der Waals surface area contributed by atoms with Crippen LogP contribution in [-0.2, 0) is 16.6 Å². The highest BCUT2D eigenvalue weighted by atomic mass is 32.2. The maximum Gasteiger partial charge on any atom is 0.343 e. The number of carboxylic acids is 1. The quantitative estimate of drug-likeness (QED) is 0.653. The topological polar surface area (TPSA) is 97.2 Å². The molecule has 1 aromatic heterocycles. The molecule has 0 bridgehead atoms. The fourth-order valence-corrected chi connectivity index (χ4v) is 1.77. The van der Waals surface area contributed by atoms with E-state index in [1.807, 2.05) is 0 Å². The molecule has 7 nitrogen and oxygen atoms in total. The van der Waals surface area contributed by atoms with Gasteiger partial charge < -0.3 is 9.84 Å². The predicted octanol–water partition coefficient (Wildman–Crippen LogP) is -0.700. The molecule has 2 N–H and O–H groups in total. The molecule has 1 atom stereocenters. The maximum atomic E-state index is 11.0. The summed E-state index contributed by atoms with van der Waals surface area (Å²) in [6.45, 7) is 0.0566. The standard InChI is InChI=1S/C7H11N3O4S/c1-10-6(13)8-9-7(10)15-4(3-14-2)5(11)12/h4H,3H2,1-2H3,(H,8,13)(H,11,12). The van der Waals surface area contributed by atoms with Gasteiger partial charge in [0.2, 0.25) is 0 Å². The number of aliphatic carboxylic acids is 1. The third-order valence-corrected chi connectivity index (χ3v) is 2.88. The fourth-order valence-electron chi connectivity index (χ4n) is 0.872. The second-order valence-electron chi connectivity index (χ2n) is 2.77. The van der Waals surface area contributed by atoms with Crippen molar-refractivity contribution in [2.45, 2.75) is 10.4 Å². The zero-order valence-electron chi connectivity index (χ0n) is 8.26. The van der Waals surface area contributed by atoms with E-state index in [2.05, 4.69) is 10.2 Å². The van der Waals surface area contributed by atoms with Gasteiger partial charge in [-0.3, -0.25) is 9.36 Å². The van der Waals surface area contributed by atoms with Gasteiger partial charge in [0.15, 0.2) is 5.16 Å². The monoisotopic (exact) mass is 233 g/mol. The Kier molecular flexibility index (Phi) is 3.92. The smallest absolute Gasteiger partial charge is 0.343 e. The van der Waals surface area contributed by atoms with Crippen LogP contribution in [0.15, 0.2) is 9.95 Å². The van der Waals surface area contributed by atoms with Crippen LogP contribution in [0.3, 0.4) is 0 Å². The molecule has 0 aromatic carbocycles. The second kappa shape index (κ2) is 4.99. The fraction of sp³-hybridized carbons (Fsp3) is 0.571. The van der Waals surface area contributed by atoms with E-state index in [-0.39, 0.29) is 12.3 Å². The molecule has 15 heavy (non-hydrogen) atoms. The van der Waals surface area contributed by atoms with Crippen LogP contribution in [0, 0.1) is 0 Å². The molecule has 0 fully saturated rings. The zero-order valence-corrected chi connectivity index (χ0v) is 9.08. The first kappa shape index (κ1) is 11.8. The molecule has 84 valence electrons. The van der Waals surface area contributed by atoms with Crippen molar-refractivity contribution in [1.29, 1.82) is 0 Å². The lowest BCUT2D eigenvalue weighted by Gasteiger charge is -2.08. The summed E-state index contributed by atoms with van der Waals surface area (Å²) in [5.41, 5.74) is -0.376. The number of methoxy groups -OCH3 is 1. The van der Waals surface area contributed by atoms with Crippen molar-refractivity contribution in [3.63, 3.8) is 0 Å². The lowest BCUT2D eigenvalue weighted by atomic mass is 10.5. The number of nitrogens with one attached hydrogen (secondary N) is 1. The maximum absolute atomic E-state index is 11.0. The molecule has 1 rings (SSSR count). The van der Waals surface area contributed by atoms with Crippen LogP contribution < -0.4 is 5.69 Å². The molecule has 0 saturated carbocycles. The summed E-state index contributed by atoms with van der Waals surface area (Å²) >= 11 is 0.965. The first-order chi connectivity index (χ1) is 7.06. The summed E-state index contributed by atoms with van der Waals surface area (Å²) in [5, 5.41) is 14.3. The van der Waals surface area contributed by atoms with Crippen molar-refractivity contribution >= 4 is 17.7 Å². The Balaban J connectivity index is 2.78. The summed E-state index contributed by atoms with van der Waals surface area (Å²) in [7, 11) is 2.93. The van der Waals surface area contributed by atoms with E-state index in [4.69, 9.17) is 9.84 Å². The largest absolute Gasteiger partial charge is 0.480 e. The second-order valence-corrected chi connectivity index (χ2v) is 3.94. The number of H-pyrrole nitrogens is 1. The van der Waals surface area contributed by atoms with E-state index in [1.54, 1.807) is 0 Å². The van der Waals surface area contributed by atoms with Gasteiger partial charge in [0.05, 0.1) is 6.61 Å². The van der Waals surface area contributed by atoms with Crippen molar-refractivity contribution < 1.29 is 14.6 Å². The van der Waals surface area contributed by atoms with Gasteiger partial charge in [-0.2, -0.15) is 0 Å². The average Bonchev–Trinajstić information content (AvgIpc) is 2.48. The molecule has 0 aliphatic heterocycles. The number of aromatic nitrogens is 3. The van der Waals surface area contributed by atoms with Gasteiger partial charge in [-0.05, 0) is 0 Å². The summed E-state index contributed by atoms with van der Waals surface area (Å²) in [4.78, 5) is 21.8. The molecule has 8 heteroatoms. The third kappa shape index (κ3) is 2.83. The summed E-state index contributed by atoms with van der Waals surface area (Å²) < 4.78 is 6.00. The number of aromatic amines is 1. The molecule has 0 radical (unpaired) electrons. The molecule has 0 aliphatic rings. The Morgan fingerprint density at radius 1 is 1.80 bits per heavy atom. The third-order valence-electron chi connectivity index (χ3n) is 1.68. The van der Waals surface area contributed by atoms with Crippen LogP contribution in [0.5, 0.6) is 0 Å². The van der Waals surface area contributed by atoms with Gasteiger partial charge in [0.25, 0.3) is 0 Å². The highest BCUT2D eigenvalue weighted by Crippen LogP contribution is 2.19. The van der Waals surface area contributed by atoms with Gasteiger partial charge in [-0.25, -0.2) is 9.89 Å². The Morgan fingerprint density at radius 3 is 2.87 bits per heavy atom. The van der Waals surface area contributed by atoms with Crippen LogP contribution in [0.2, 0.25) is 0 Å². The number of carboxylic acid groups (broad SMARTS) is 1. The van der Waals surface area contributed by atoms with Crippen LogP contribution in [0.25, 0.3) is 0 Å². The average molecular weight is 233 g/mol. The zero-order chi connectivity index (χ0) is 11.4. The molecule has 0 spiro atoms. The van der Waals surface area contributed by atoms with Crippen LogP contribution in [0.4, 0.5) is 0 Å². The first-order valence-corrected chi connectivity index (χ1v) is 4.94. The Morgan fingerprint density at radius 2 is 2.47 bits per heavy atom. The van der Waals surface area contributed by atoms with Crippen molar-refractivity contribution in [1.82, 2.24) is 14.8 Å². The van der Waals surface area contributed by atoms with Gasteiger partial charge in [0.1, 0.15) is 5.25 Å². The van der Waals surface area contributed by atoms with Crippen LogP contribution in [-0.4, -0.2) is 44.8 Å². The van der Waals surface area contributed by atoms with E-state index < -0.39 is 11.2 Å². The lowest BCUT2D eigenvalue weighted by molar-refractivity contribution is -0.137. The van der Waals surface area contributed by atoms with Crippen LogP contribution in [0.1, 0.15) is 0 Å². The molecular formula is C7H11N3O4S. The Labute approximate surface area is 89.4 Å². The minimum absolute atomic E-state index is 0.0566. The SMILES string of the molecule is COCC(Sc1n[nH]c(=O)n1C)C(=O)O. The van der Waals surface area contributed by atoms with E-state index in [1.165, 1.54) is 18.7 Å². The van der Waals surface area contributed by atoms with Crippen molar-refractivity contribution in [2.75, 3.05) is 13.7 Å². The Bertz CT molecular complexity index is 399. The summed E-state index contributed by atoms with van der Waals surface area (Å²) in [5.74, 6) is -1.00. The van der Waals surface area contributed by atoms with Gasteiger partial charge in [-0.1, -0.05) is 11.8 Å². The number of nitrogens with zero attached hydrogens (tertiary/aromatic N) is 2. The molecule has 1 unspecified atom stereocenters. The van der Waals surface area contributed by atoms with E-state index in [0.717, 1.165) is 11.8 Å². The van der Waals surface area contributed by atoms with Crippen molar-refractivity contribution in [3.05, 3.63) is 10.5 Å². The molecule has 0 aliphatic carbocycles. The normalized spacial score (nSPS) is 12.7. The highest BCUT2D eigenvalue weighted by molar-refractivity contribution is 8.00. The molecule has 0 amide bonds. The van der Waals surface area contributed by atoms with Crippen LogP contribution >= 0.6 is 11.8 Å².